The summed E-state index contributed by atoms with van der Waals surface area (Å²) in [5.74, 6) is 0.584. The summed E-state index contributed by atoms with van der Waals surface area (Å²) in [6.45, 7) is 6.16. The first-order chi connectivity index (χ1) is 12.8. The highest BCUT2D eigenvalue weighted by Crippen LogP contribution is 2.50. The lowest BCUT2D eigenvalue weighted by Gasteiger charge is -2.39. The third kappa shape index (κ3) is 3.48. The van der Waals surface area contributed by atoms with E-state index in [1.165, 1.54) is 16.9 Å². The van der Waals surface area contributed by atoms with Crippen molar-refractivity contribution in [3.05, 3.63) is 62.5 Å². The van der Waals surface area contributed by atoms with E-state index in [1.807, 2.05) is 31.2 Å². The Labute approximate surface area is 164 Å². The second-order valence-electron chi connectivity index (χ2n) is 7.36. The maximum Gasteiger partial charge on any atom is 0.337 e. The van der Waals surface area contributed by atoms with E-state index >= 15 is 0 Å². The summed E-state index contributed by atoms with van der Waals surface area (Å²) in [4.78, 5) is 14.8. The number of aliphatic hydroxyl groups excluding tert-OH is 1. The molecule has 0 saturated heterocycles. The summed E-state index contributed by atoms with van der Waals surface area (Å²) in [6, 6.07) is 10.1. The topological polar surface area (TPSA) is 55.8 Å². The summed E-state index contributed by atoms with van der Waals surface area (Å²) in [5.41, 5.74) is 1.96. The van der Waals surface area contributed by atoms with Crippen molar-refractivity contribution in [2.24, 2.45) is 0 Å². The lowest BCUT2D eigenvalue weighted by molar-refractivity contribution is -0.136. The molecule has 0 amide bonds. The van der Waals surface area contributed by atoms with Gasteiger partial charge in [-0.3, -0.25) is 0 Å². The summed E-state index contributed by atoms with van der Waals surface area (Å²) < 4.78 is 10.2. The van der Waals surface area contributed by atoms with Crippen molar-refractivity contribution in [3.8, 4) is 5.75 Å². The van der Waals surface area contributed by atoms with Gasteiger partial charge in [0.05, 0.1) is 25.2 Å². The molecule has 0 aliphatic heterocycles. The second-order valence-corrected chi connectivity index (χ2v) is 8.82. The van der Waals surface area contributed by atoms with E-state index in [0.717, 1.165) is 23.3 Å². The van der Waals surface area contributed by atoms with Crippen molar-refractivity contribution in [2.75, 3.05) is 14.2 Å². The van der Waals surface area contributed by atoms with Crippen LogP contribution in [0.2, 0.25) is 0 Å². The zero-order valence-corrected chi connectivity index (χ0v) is 17.3. The number of aryl methyl sites for hydroxylation is 2. The normalized spacial score (nSPS) is 22.6. The number of ether oxygens (including phenoxy) is 2. The molecule has 27 heavy (non-hydrogen) atoms. The summed E-state index contributed by atoms with van der Waals surface area (Å²) in [6.07, 6.45) is 1.19. The van der Waals surface area contributed by atoms with Crippen molar-refractivity contribution >= 4 is 17.3 Å². The minimum Gasteiger partial charge on any atom is -0.511 e. The van der Waals surface area contributed by atoms with E-state index < -0.39 is 11.4 Å². The molecule has 1 aromatic heterocycles. The van der Waals surface area contributed by atoms with E-state index in [9.17, 15) is 9.90 Å². The molecule has 1 aliphatic carbocycles. The third-order valence-electron chi connectivity index (χ3n) is 5.57. The number of methoxy groups -OCH3 is 2. The molecule has 0 radical (unpaired) electrons. The highest BCUT2D eigenvalue weighted by molar-refractivity contribution is 7.12. The fraction of sp³-hybridized carbons (Fsp3) is 0.409. The van der Waals surface area contributed by atoms with Crippen LogP contribution in [-0.4, -0.2) is 25.3 Å². The molecule has 0 saturated carbocycles. The van der Waals surface area contributed by atoms with E-state index in [4.69, 9.17) is 9.47 Å². The first kappa shape index (κ1) is 19.5. The molecule has 1 aromatic carbocycles. The Morgan fingerprint density at radius 1 is 1.22 bits per heavy atom. The predicted octanol–water partition coefficient (Wildman–Crippen LogP) is 5.19. The molecule has 144 valence electrons. The van der Waals surface area contributed by atoms with Gasteiger partial charge in [-0.05, 0) is 68.9 Å². The van der Waals surface area contributed by atoms with Gasteiger partial charge in [0.15, 0.2) is 0 Å². The number of thiophene rings is 1. The number of hydrogen-bond acceptors (Lipinski definition) is 5. The summed E-state index contributed by atoms with van der Waals surface area (Å²) in [5, 5.41) is 11.1. The largest absolute Gasteiger partial charge is 0.511 e. The molecule has 2 atom stereocenters. The van der Waals surface area contributed by atoms with Crippen LogP contribution < -0.4 is 4.74 Å². The van der Waals surface area contributed by atoms with Crippen LogP contribution in [0.3, 0.4) is 0 Å². The van der Waals surface area contributed by atoms with Gasteiger partial charge in [-0.25, -0.2) is 4.79 Å². The summed E-state index contributed by atoms with van der Waals surface area (Å²) >= 11 is 1.71. The van der Waals surface area contributed by atoms with Crippen molar-refractivity contribution in [1.29, 1.82) is 0 Å². The van der Waals surface area contributed by atoms with Gasteiger partial charge >= 0.3 is 5.97 Å². The smallest absolute Gasteiger partial charge is 0.337 e. The fourth-order valence-corrected chi connectivity index (χ4v) is 5.22. The van der Waals surface area contributed by atoms with E-state index in [0.29, 0.717) is 12.0 Å². The number of benzene rings is 1. The average molecular weight is 387 g/mol. The first-order valence-electron chi connectivity index (χ1n) is 9.02. The van der Waals surface area contributed by atoms with Gasteiger partial charge in [-0.1, -0.05) is 12.1 Å². The van der Waals surface area contributed by atoms with Crippen LogP contribution in [0.15, 0.2) is 41.7 Å². The van der Waals surface area contributed by atoms with Crippen molar-refractivity contribution in [3.63, 3.8) is 0 Å². The zero-order chi connectivity index (χ0) is 19.8. The van der Waals surface area contributed by atoms with Gasteiger partial charge in [-0.2, -0.15) is 0 Å². The maximum absolute atomic E-state index is 12.4. The van der Waals surface area contributed by atoms with Crippen LogP contribution in [0.1, 0.15) is 46.6 Å². The van der Waals surface area contributed by atoms with Gasteiger partial charge in [0.25, 0.3) is 0 Å². The van der Waals surface area contributed by atoms with Gasteiger partial charge in [0, 0.05) is 9.75 Å². The molecule has 0 spiro atoms. The quantitative estimate of drug-likeness (QED) is 0.734. The minimum absolute atomic E-state index is 0.102. The van der Waals surface area contributed by atoms with Crippen LogP contribution in [0.25, 0.3) is 0 Å². The predicted molar refractivity (Wildman–Crippen MR) is 108 cm³/mol. The lowest BCUT2D eigenvalue weighted by Crippen LogP contribution is -2.34. The molecule has 0 bridgehead atoms. The fourth-order valence-electron chi connectivity index (χ4n) is 4.17. The van der Waals surface area contributed by atoms with Crippen molar-refractivity contribution in [2.45, 2.75) is 44.9 Å². The molecule has 1 heterocycles. The van der Waals surface area contributed by atoms with E-state index in [1.54, 1.807) is 18.4 Å². The molecule has 0 unspecified atom stereocenters. The Bertz CT molecular complexity index is 878. The zero-order valence-electron chi connectivity index (χ0n) is 16.5. The Morgan fingerprint density at radius 3 is 2.41 bits per heavy atom. The molecule has 1 aliphatic rings. The van der Waals surface area contributed by atoms with Crippen LogP contribution in [0.5, 0.6) is 5.75 Å². The van der Waals surface area contributed by atoms with Crippen molar-refractivity contribution in [1.82, 2.24) is 0 Å². The molecule has 3 rings (SSSR count). The number of rotatable bonds is 4. The number of carbonyl (C=O) groups excluding carboxylic acids is 1. The molecule has 5 heteroatoms. The number of aliphatic hydroxyl groups is 1. The number of esters is 1. The van der Waals surface area contributed by atoms with Crippen LogP contribution in [0.4, 0.5) is 0 Å². The SMILES string of the molecule is COC(=O)C1=C(O)[C@@](C)(c2cc(C)sc2C)C[C@H](c2ccc(OC)cc2)C1. The van der Waals surface area contributed by atoms with Gasteiger partial charge in [0.2, 0.25) is 0 Å². The van der Waals surface area contributed by atoms with Crippen LogP contribution >= 0.6 is 11.3 Å². The molecule has 4 nitrogen and oxygen atoms in total. The summed E-state index contributed by atoms with van der Waals surface area (Å²) in [7, 11) is 3.00. The average Bonchev–Trinajstić information content (AvgIpc) is 3.02. The third-order valence-corrected chi connectivity index (χ3v) is 6.53. The van der Waals surface area contributed by atoms with Crippen molar-refractivity contribution < 1.29 is 19.4 Å². The van der Waals surface area contributed by atoms with Crippen LogP contribution in [-0.2, 0) is 14.9 Å². The first-order valence-corrected chi connectivity index (χ1v) is 9.84. The van der Waals surface area contributed by atoms with Crippen LogP contribution in [0, 0.1) is 13.8 Å². The van der Waals surface area contributed by atoms with E-state index in [2.05, 4.69) is 19.9 Å². The molecular weight excluding hydrogens is 360 g/mol. The van der Waals surface area contributed by atoms with E-state index in [-0.39, 0.29) is 11.7 Å². The maximum atomic E-state index is 12.4. The second kappa shape index (κ2) is 7.39. The standard InChI is InChI=1S/C22H26O4S/c1-13-10-19(14(2)27-13)22(3)12-16(11-18(20(22)23)21(24)26-5)15-6-8-17(25-4)9-7-15/h6-10,16,23H,11-12H2,1-5H3/t16-,22-/m1/s1. The van der Waals surface area contributed by atoms with Gasteiger partial charge < -0.3 is 14.6 Å². The monoisotopic (exact) mass is 386 g/mol. The molecule has 2 aromatic rings. The Morgan fingerprint density at radius 2 is 1.89 bits per heavy atom. The highest BCUT2D eigenvalue weighted by atomic mass is 32.1. The number of allylic oxidation sites excluding steroid dienone is 1. The molecule has 0 fully saturated rings. The Kier molecular flexibility index (Phi) is 5.33. The Balaban J connectivity index is 2.10. The Hall–Kier alpha value is -2.27. The highest BCUT2D eigenvalue weighted by Gasteiger charge is 2.44. The van der Waals surface area contributed by atoms with Gasteiger partial charge in [0.1, 0.15) is 11.5 Å². The number of carbonyl (C=O) groups is 1. The number of hydrogen-bond donors (Lipinski definition) is 1. The molecule has 1 N–H and O–H groups in total. The molecular formula is C22H26O4S. The lowest BCUT2D eigenvalue weighted by atomic mass is 9.66. The van der Waals surface area contributed by atoms with Gasteiger partial charge in [-0.15, -0.1) is 11.3 Å². The minimum atomic E-state index is -0.624.